The van der Waals surface area contributed by atoms with Crippen molar-refractivity contribution < 1.29 is 9.90 Å². The van der Waals surface area contributed by atoms with Gasteiger partial charge in [0.2, 0.25) is 5.91 Å². The van der Waals surface area contributed by atoms with Crippen LogP contribution in [0.25, 0.3) is 10.8 Å². The zero-order valence-corrected chi connectivity index (χ0v) is 19.8. The van der Waals surface area contributed by atoms with Gasteiger partial charge in [0, 0.05) is 30.7 Å². The van der Waals surface area contributed by atoms with Crippen molar-refractivity contribution in [3.63, 3.8) is 0 Å². The molecular weight excluding hydrogens is 424 g/mol. The molecule has 0 radical (unpaired) electrons. The molecule has 2 aliphatic rings. The summed E-state index contributed by atoms with van der Waals surface area (Å²) in [7, 11) is 0. The van der Waals surface area contributed by atoms with Gasteiger partial charge < -0.3 is 15.7 Å². The highest BCUT2D eigenvalue weighted by Crippen LogP contribution is 2.37. The van der Waals surface area contributed by atoms with E-state index in [1.807, 2.05) is 18.2 Å². The maximum atomic E-state index is 12.5. The number of benzene rings is 2. The molecule has 6 heteroatoms. The lowest BCUT2D eigenvalue weighted by Crippen LogP contribution is -2.63. The number of hydrogen-bond donors (Lipinski definition) is 3. The van der Waals surface area contributed by atoms with Crippen LogP contribution in [-0.2, 0) is 11.4 Å². The molecule has 6 nitrogen and oxygen atoms in total. The number of aryl methyl sites for hydroxylation is 1. The van der Waals surface area contributed by atoms with E-state index in [1.54, 1.807) is 6.20 Å². The van der Waals surface area contributed by atoms with Gasteiger partial charge in [-0.1, -0.05) is 42.0 Å². The minimum absolute atomic E-state index is 0.0143. The first-order valence-electron chi connectivity index (χ1n) is 12.4. The summed E-state index contributed by atoms with van der Waals surface area (Å²) in [5.41, 5.74) is 3.56. The first-order chi connectivity index (χ1) is 16.6. The Morgan fingerprint density at radius 3 is 2.68 bits per heavy atom. The summed E-state index contributed by atoms with van der Waals surface area (Å²) in [5.74, 6) is 1.32. The van der Waals surface area contributed by atoms with Crippen molar-refractivity contribution in [2.24, 2.45) is 0 Å². The number of carbonyl (C=O) groups excluding carboxylic acids is 1. The van der Waals surface area contributed by atoms with E-state index in [1.165, 1.54) is 24.0 Å². The molecule has 2 fully saturated rings. The number of likely N-dealkylation sites (tertiary alicyclic amines) is 1. The van der Waals surface area contributed by atoms with Gasteiger partial charge in [-0.3, -0.25) is 9.69 Å². The molecule has 178 valence electrons. The van der Waals surface area contributed by atoms with Gasteiger partial charge in [-0.25, -0.2) is 4.98 Å². The SMILES string of the molecule is Cc1ccc2ccnc(NCC(=O)NC3CN([C@H]4CC[C@@H](c5ccccc5CO)CC4)C3)c2c1. The van der Waals surface area contributed by atoms with E-state index in [2.05, 4.69) is 57.8 Å². The Labute approximate surface area is 201 Å². The normalized spacial score (nSPS) is 21.2. The number of pyridine rings is 1. The van der Waals surface area contributed by atoms with E-state index in [0.29, 0.717) is 12.0 Å². The Hall–Kier alpha value is -2.96. The van der Waals surface area contributed by atoms with Crippen LogP contribution in [0.5, 0.6) is 0 Å². The summed E-state index contributed by atoms with van der Waals surface area (Å²) < 4.78 is 0. The van der Waals surface area contributed by atoms with Crippen molar-refractivity contribution in [2.45, 2.75) is 57.2 Å². The van der Waals surface area contributed by atoms with E-state index in [4.69, 9.17) is 0 Å². The van der Waals surface area contributed by atoms with Gasteiger partial charge in [-0.05, 0) is 67.2 Å². The number of rotatable bonds is 7. The first kappa shape index (κ1) is 22.8. The Balaban J connectivity index is 1.06. The van der Waals surface area contributed by atoms with Crippen molar-refractivity contribution in [3.05, 3.63) is 71.4 Å². The number of aliphatic hydroxyl groups excluding tert-OH is 1. The van der Waals surface area contributed by atoms with Crippen molar-refractivity contribution in [1.82, 2.24) is 15.2 Å². The fourth-order valence-corrected chi connectivity index (χ4v) is 5.60. The van der Waals surface area contributed by atoms with Crippen LogP contribution in [0.15, 0.2) is 54.7 Å². The molecule has 1 aromatic heterocycles. The number of nitrogens with one attached hydrogen (secondary N) is 2. The summed E-state index contributed by atoms with van der Waals surface area (Å²) in [4.78, 5) is 19.5. The summed E-state index contributed by atoms with van der Waals surface area (Å²) in [5, 5.41) is 18.2. The molecule has 5 rings (SSSR count). The second-order valence-electron chi connectivity index (χ2n) is 9.82. The van der Waals surface area contributed by atoms with Gasteiger partial charge in [-0.2, -0.15) is 0 Å². The predicted molar refractivity (Wildman–Crippen MR) is 136 cm³/mol. The number of carbonyl (C=O) groups is 1. The lowest BCUT2D eigenvalue weighted by molar-refractivity contribution is -0.121. The number of aliphatic hydroxyl groups is 1. The third-order valence-corrected chi connectivity index (χ3v) is 7.49. The predicted octanol–water partition coefficient (Wildman–Crippen LogP) is 3.97. The largest absolute Gasteiger partial charge is 0.392 e. The van der Waals surface area contributed by atoms with Crippen molar-refractivity contribution in [1.29, 1.82) is 0 Å². The molecule has 34 heavy (non-hydrogen) atoms. The van der Waals surface area contributed by atoms with Gasteiger partial charge in [0.25, 0.3) is 0 Å². The third kappa shape index (κ3) is 4.93. The number of hydrogen-bond acceptors (Lipinski definition) is 5. The molecule has 1 saturated carbocycles. The molecule has 0 spiro atoms. The molecule has 3 aromatic rings. The molecule has 0 bridgehead atoms. The summed E-state index contributed by atoms with van der Waals surface area (Å²) >= 11 is 0. The van der Waals surface area contributed by atoms with Crippen LogP contribution in [0, 0.1) is 6.92 Å². The van der Waals surface area contributed by atoms with E-state index >= 15 is 0 Å². The van der Waals surface area contributed by atoms with Crippen LogP contribution in [0.3, 0.4) is 0 Å². The minimum Gasteiger partial charge on any atom is -0.392 e. The van der Waals surface area contributed by atoms with Crippen LogP contribution >= 0.6 is 0 Å². The fraction of sp³-hybridized carbons (Fsp3) is 0.429. The van der Waals surface area contributed by atoms with Gasteiger partial charge in [0.1, 0.15) is 5.82 Å². The van der Waals surface area contributed by atoms with Gasteiger partial charge in [-0.15, -0.1) is 0 Å². The summed E-state index contributed by atoms with van der Waals surface area (Å²) in [6, 6.07) is 17.4. The summed E-state index contributed by atoms with van der Waals surface area (Å²) in [6.45, 7) is 4.27. The van der Waals surface area contributed by atoms with Crippen LogP contribution in [0.4, 0.5) is 5.82 Å². The fourth-order valence-electron chi connectivity index (χ4n) is 5.60. The Kier molecular flexibility index (Phi) is 6.79. The molecule has 2 aromatic carbocycles. The molecule has 1 aliphatic heterocycles. The quantitative estimate of drug-likeness (QED) is 0.499. The molecule has 0 unspecified atom stereocenters. The molecule has 1 saturated heterocycles. The number of fused-ring (bicyclic) bond motifs is 1. The third-order valence-electron chi connectivity index (χ3n) is 7.49. The Bertz CT molecular complexity index is 1150. The van der Waals surface area contributed by atoms with E-state index in [0.717, 1.165) is 48.1 Å². The highest BCUT2D eigenvalue weighted by molar-refractivity contribution is 5.93. The first-order valence-corrected chi connectivity index (χ1v) is 12.4. The monoisotopic (exact) mass is 458 g/mol. The second kappa shape index (κ2) is 10.1. The van der Waals surface area contributed by atoms with E-state index in [9.17, 15) is 9.90 Å². The van der Waals surface area contributed by atoms with Crippen molar-refractivity contribution >= 4 is 22.5 Å². The summed E-state index contributed by atoms with van der Waals surface area (Å²) in [6.07, 6.45) is 6.46. The Morgan fingerprint density at radius 1 is 1.09 bits per heavy atom. The topological polar surface area (TPSA) is 77.5 Å². The van der Waals surface area contributed by atoms with Crippen LogP contribution in [-0.4, -0.2) is 52.6 Å². The average Bonchev–Trinajstić information content (AvgIpc) is 2.85. The number of nitrogens with zero attached hydrogens (tertiary/aromatic N) is 2. The van der Waals surface area contributed by atoms with Crippen LogP contribution in [0.2, 0.25) is 0 Å². The molecule has 2 heterocycles. The standard InChI is InChI=1S/C28H34N4O2/c1-19-6-7-21-12-13-29-28(26(21)14-19)30-15-27(34)31-23-16-32(17-23)24-10-8-20(9-11-24)25-5-3-2-4-22(25)18-33/h2-7,12-14,20,23-24,33H,8-11,15-18H2,1H3,(H,29,30)(H,31,34)/t20-,24+. The zero-order valence-electron chi connectivity index (χ0n) is 19.8. The molecule has 1 amide bonds. The lowest BCUT2D eigenvalue weighted by atomic mass is 9.79. The smallest absolute Gasteiger partial charge is 0.239 e. The van der Waals surface area contributed by atoms with E-state index in [-0.39, 0.29) is 25.1 Å². The molecule has 3 N–H and O–H groups in total. The molecular formula is C28H34N4O2. The lowest BCUT2D eigenvalue weighted by Gasteiger charge is -2.47. The second-order valence-corrected chi connectivity index (χ2v) is 9.82. The van der Waals surface area contributed by atoms with E-state index < -0.39 is 0 Å². The molecule has 1 aliphatic carbocycles. The maximum absolute atomic E-state index is 12.5. The van der Waals surface area contributed by atoms with Gasteiger partial charge in [0.15, 0.2) is 0 Å². The zero-order chi connectivity index (χ0) is 23.5. The number of anilines is 1. The van der Waals surface area contributed by atoms with Crippen molar-refractivity contribution in [3.8, 4) is 0 Å². The minimum atomic E-state index is 0.0143. The van der Waals surface area contributed by atoms with Gasteiger partial charge >= 0.3 is 0 Å². The van der Waals surface area contributed by atoms with Crippen LogP contribution < -0.4 is 10.6 Å². The maximum Gasteiger partial charge on any atom is 0.239 e. The molecule has 0 atom stereocenters. The Morgan fingerprint density at radius 2 is 1.88 bits per heavy atom. The van der Waals surface area contributed by atoms with Gasteiger partial charge in [0.05, 0.1) is 19.2 Å². The number of amides is 1. The number of aromatic nitrogens is 1. The van der Waals surface area contributed by atoms with Crippen LogP contribution in [0.1, 0.15) is 48.3 Å². The highest BCUT2D eigenvalue weighted by atomic mass is 16.3. The average molecular weight is 459 g/mol. The highest BCUT2D eigenvalue weighted by Gasteiger charge is 2.35. The van der Waals surface area contributed by atoms with Crippen molar-refractivity contribution in [2.75, 3.05) is 25.0 Å².